The number of hydrogen-bond donors (Lipinski definition) is 2. The van der Waals surface area contributed by atoms with Crippen LogP contribution in [-0.2, 0) is 6.54 Å². The molecule has 2 aromatic carbocycles. The van der Waals surface area contributed by atoms with Crippen LogP contribution in [0.3, 0.4) is 0 Å². The van der Waals surface area contributed by atoms with E-state index in [0.29, 0.717) is 22.3 Å². The summed E-state index contributed by atoms with van der Waals surface area (Å²) < 4.78 is 0.819. The fourth-order valence-electron chi connectivity index (χ4n) is 1.57. The summed E-state index contributed by atoms with van der Waals surface area (Å²) in [6.07, 6.45) is 0. The fourth-order valence-corrected chi connectivity index (χ4v) is 2.43. The van der Waals surface area contributed by atoms with Gasteiger partial charge in [-0.3, -0.25) is 0 Å². The normalized spacial score (nSPS) is 10.2. The molecule has 0 saturated heterocycles. The summed E-state index contributed by atoms with van der Waals surface area (Å²) in [5, 5.41) is 6.57. The molecule has 0 aliphatic carbocycles. The molecule has 2 amide bonds. The van der Waals surface area contributed by atoms with Crippen LogP contribution in [0.5, 0.6) is 0 Å². The molecule has 20 heavy (non-hydrogen) atoms. The SMILES string of the molecule is O=C(NCc1ccc(Cl)cc1Cl)Nc1ccccc1Br. The second-order valence-electron chi connectivity index (χ2n) is 4.02. The lowest BCUT2D eigenvalue weighted by molar-refractivity contribution is 0.251. The largest absolute Gasteiger partial charge is 0.334 e. The molecule has 0 heterocycles. The molecule has 2 N–H and O–H groups in total. The van der Waals surface area contributed by atoms with Crippen molar-refractivity contribution in [3.05, 3.63) is 62.5 Å². The quantitative estimate of drug-likeness (QED) is 0.773. The maximum absolute atomic E-state index is 11.8. The molecule has 0 aliphatic rings. The highest BCUT2D eigenvalue weighted by molar-refractivity contribution is 9.10. The van der Waals surface area contributed by atoms with Gasteiger partial charge in [-0.2, -0.15) is 0 Å². The van der Waals surface area contributed by atoms with Crippen molar-refractivity contribution in [2.24, 2.45) is 0 Å². The van der Waals surface area contributed by atoms with Crippen molar-refractivity contribution in [3.63, 3.8) is 0 Å². The molecule has 0 aromatic heterocycles. The first-order valence-corrected chi connectivity index (χ1v) is 7.34. The summed E-state index contributed by atoms with van der Waals surface area (Å²) in [7, 11) is 0. The molecular weight excluding hydrogens is 363 g/mol. The average Bonchev–Trinajstić information content (AvgIpc) is 2.40. The van der Waals surface area contributed by atoms with Crippen molar-refractivity contribution in [2.75, 3.05) is 5.32 Å². The standard InChI is InChI=1S/C14H11BrCl2N2O/c15-11-3-1-2-4-13(11)19-14(20)18-8-9-5-6-10(16)7-12(9)17/h1-7H,8H2,(H2,18,19,20). The Balaban J connectivity index is 1.94. The van der Waals surface area contributed by atoms with Crippen molar-refractivity contribution >= 4 is 50.9 Å². The van der Waals surface area contributed by atoms with Crippen LogP contribution < -0.4 is 10.6 Å². The van der Waals surface area contributed by atoms with E-state index < -0.39 is 0 Å². The molecule has 6 heteroatoms. The fraction of sp³-hybridized carbons (Fsp3) is 0.0714. The van der Waals surface area contributed by atoms with Crippen molar-refractivity contribution in [1.82, 2.24) is 5.32 Å². The summed E-state index contributed by atoms with van der Waals surface area (Å²) in [5.41, 5.74) is 1.51. The Labute approximate surface area is 135 Å². The summed E-state index contributed by atoms with van der Waals surface area (Å²) in [6.45, 7) is 0.326. The first-order valence-electron chi connectivity index (χ1n) is 5.79. The minimum absolute atomic E-state index is 0.303. The van der Waals surface area contributed by atoms with Gasteiger partial charge in [0.05, 0.1) is 5.69 Å². The summed E-state index contributed by atoms with van der Waals surface area (Å²) in [5.74, 6) is 0. The van der Waals surface area contributed by atoms with Gasteiger partial charge < -0.3 is 10.6 Å². The molecule has 2 aromatic rings. The van der Waals surface area contributed by atoms with Crippen molar-refractivity contribution in [1.29, 1.82) is 0 Å². The first kappa shape index (κ1) is 15.2. The Morgan fingerprint density at radius 2 is 1.90 bits per heavy atom. The molecule has 3 nitrogen and oxygen atoms in total. The van der Waals surface area contributed by atoms with Crippen LogP contribution in [0.15, 0.2) is 46.9 Å². The van der Waals surface area contributed by atoms with Gasteiger partial charge >= 0.3 is 6.03 Å². The van der Waals surface area contributed by atoms with Crippen LogP contribution in [0.4, 0.5) is 10.5 Å². The van der Waals surface area contributed by atoms with Crippen LogP contribution in [0.25, 0.3) is 0 Å². The summed E-state index contributed by atoms with van der Waals surface area (Å²) in [6, 6.07) is 12.2. The lowest BCUT2D eigenvalue weighted by Gasteiger charge is -2.10. The molecule has 2 rings (SSSR count). The highest BCUT2D eigenvalue weighted by atomic mass is 79.9. The zero-order chi connectivity index (χ0) is 14.5. The lowest BCUT2D eigenvalue weighted by Crippen LogP contribution is -2.28. The van der Waals surface area contributed by atoms with Gasteiger partial charge in [0.1, 0.15) is 0 Å². The maximum Gasteiger partial charge on any atom is 0.319 e. The molecule has 104 valence electrons. The van der Waals surface area contributed by atoms with E-state index in [4.69, 9.17) is 23.2 Å². The lowest BCUT2D eigenvalue weighted by atomic mass is 10.2. The number of urea groups is 1. The zero-order valence-electron chi connectivity index (χ0n) is 10.3. The number of hydrogen-bond acceptors (Lipinski definition) is 1. The van der Waals surface area contributed by atoms with Crippen molar-refractivity contribution < 1.29 is 4.79 Å². The average molecular weight is 374 g/mol. The molecule has 0 spiro atoms. The molecule has 0 bridgehead atoms. The van der Waals surface area contributed by atoms with Gasteiger partial charge in [-0.05, 0) is 45.8 Å². The topological polar surface area (TPSA) is 41.1 Å². The third kappa shape index (κ3) is 4.13. The van der Waals surface area contributed by atoms with E-state index in [1.165, 1.54) is 0 Å². The number of carbonyl (C=O) groups is 1. The number of para-hydroxylation sites is 1. The van der Waals surface area contributed by atoms with Gasteiger partial charge in [0.15, 0.2) is 0 Å². The molecule has 0 saturated carbocycles. The highest BCUT2D eigenvalue weighted by Crippen LogP contribution is 2.22. The third-order valence-corrected chi connectivity index (χ3v) is 3.86. The Kier molecular flexibility index (Phi) is 5.29. The van der Waals surface area contributed by atoms with E-state index in [-0.39, 0.29) is 6.03 Å². The number of nitrogens with one attached hydrogen (secondary N) is 2. The summed E-state index contributed by atoms with van der Waals surface area (Å²) in [4.78, 5) is 11.8. The van der Waals surface area contributed by atoms with E-state index in [0.717, 1.165) is 10.0 Å². The molecule has 0 fully saturated rings. The zero-order valence-corrected chi connectivity index (χ0v) is 13.4. The van der Waals surface area contributed by atoms with E-state index in [1.807, 2.05) is 18.2 Å². The Bertz CT molecular complexity index is 634. The Hall–Kier alpha value is -1.23. The Morgan fingerprint density at radius 1 is 1.15 bits per heavy atom. The number of benzene rings is 2. The molecule has 0 unspecified atom stereocenters. The van der Waals surface area contributed by atoms with Crippen LogP contribution in [0.2, 0.25) is 10.0 Å². The monoisotopic (exact) mass is 372 g/mol. The van der Waals surface area contributed by atoms with Crippen LogP contribution >= 0.6 is 39.1 Å². The minimum Gasteiger partial charge on any atom is -0.334 e. The second kappa shape index (κ2) is 6.97. The van der Waals surface area contributed by atoms with Crippen molar-refractivity contribution in [3.8, 4) is 0 Å². The van der Waals surface area contributed by atoms with Gasteiger partial charge in [-0.1, -0.05) is 41.4 Å². The molecule has 0 aliphatic heterocycles. The third-order valence-electron chi connectivity index (χ3n) is 2.58. The second-order valence-corrected chi connectivity index (χ2v) is 5.72. The van der Waals surface area contributed by atoms with Gasteiger partial charge in [-0.25, -0.2) is 4.79 Å². The number of carbonyl (C=O) groups excluding carboxylic acids is 1. The predicted octanol–water partition coefficient (Wildman–Crippen LogP) is 5.08. The highest BCUT2D eigenvalue weighted by Gasteiger charge is 2.06. The van der Waals surface area contributed by atoms with Crippen LogP contribution in [0.1, 0.15) is 5.56 Å². The van der Waals surface area contributed by atoms with Gasteiger partial charge in [0.25, 0.3) is 0 Å². The summed E-state index contributed by atoms with van der Waals surface area (Å²) >= 11 is 15.2. The first-order chi connectivity index (χ1) is 9.56. The molecule has 0 atom stereocenters. The van der Waals surface area contributed by atoms with E-state index in [1.54, 1.807) is 24.3 Å². The molecular formula is C14H11BrCl2N2O. The smallest absolute Gasteiger partial charge is 0.319 e. The minimum atomic E-state index is -0.303. The van der Waals surface area contributed by atoms with E-state index in [9.17, 15) is 4.79 Å². The number of amides is 2. The maximum atomic E-state index is 11.8. The number of rotatable bonds is 3. The Morgan fingerprint density at radius 3 is 2.60 bits per heavy atom. The van der Waals surface area contributed by atoms with Crippen LogP contribution in [0, 0.1) is 0 Å². The van der Waals surface area contributed by atoms with Crippen molar-refractivity contribution in [2.45, 2.75) is 6.54 Å². The van der Waals surface area contributed by atoms with E-state index >= 15 is 0 Å². The number of halogens is 3. The van der Waals surface area contributed by atoms with Gasteiger partial charge in [-0.15, -0.1) is 0 Å². The van der Waals surface area contributed by atoms with Gasteiger partial charge in [0, 0.05) is 21.1 Å². The number of anilines is 1. The van der Waals surface area contributed by atoms with Gasteiger partial charge in [0.2, 0.25) is 0 Å². The predicted molar refractivity (Wildman–Crippen MR) is 86.5 cm³/mol. The van der Waals surface area contributed by atoms with Crippen LogP contribution in [-0.4, -0.2) is 6.03 Å². The molecule has 0 radical (unpaired) electrons. The van der Waals surface area contributed by atoms with E-state index in [2.05, 4.69) is 26.6 Å².